The van der Waals surface area contributed by atoms with Crippen LogP contribution in [0.5, 0.6) is 0 Å². The molecule has 0 unspecified atom stereocenters. The molecule has 1 atom stereocenters. The van der Waals surface area contributed by atoms with Crippen LogP contribution in [0.15, 0.2) is 18.2 Å². The van der Waals surface area contributed by atoms with Gasteiger partial charge in [0.2, 0.25) is 0 Å². The van der Waals surface area contributed by atoms with Crippen LogP contribution in [0.25, 0.3) is 0 Å². The van der Waals surface area contributed by atoms with Gasteiger partial charge in [-0.25, -0.2) is 0 Å². The molecule has 0 aromatic heterocycles. The summed E-state index contributed by atoms with van der Waals surface area (Å²) < 4.78 is 0. The molecular formula is C13H18ClN. The van der Waals surface area contributed by atoms with E-state index in [-0.39, 0.29) is 0 Å². The average molecular weight is 224 g/mol. The van der Waals surface area contributed by atoms with E-state index >= 15 is 0 Å². The Kier molecular flexibility index (Phi) is 3.66. The highest BCUT2D eigenvalue weighted by atomic mass is 35.5. The van der Waals surface area contributed by atoms with Crippen LogP contribution in [-0.4, -0.2) is 6.54 Å². The van der Waals surface area contributed by atoms with Crippen LogP contribution < -0.4 is 5.32 Å². The molecule has 0 fully saturated rings. The Hall–Kier alpha value is -0.530. The number of hydrogen-bond acceptors (Lipinski definition) is 1. The van der Waals surface area contributed by atoms with Crippen molar-refractivity contribution in [1.29, 1.82) is 0 Å². The smallest absolute Gasteiger partial charge is 0.0408 e. The van der Waals surface area contributed by atoms with Gasteiger partial charge in [-0.1, -0.05) is 31.0 Å². The van der Waals surface area contributed by atoms with E-state index < -0.39 is 0 Å². The first kappa shape index (κ1) is 11.0. The fourth-order valence-corrected chi connectivity index (χ4v) is 2.45. The Bertz CT molecular complexity index is 335. The van der Waals surface area contributed by atoms with Gasteiger partial charge < -0.3 is 5.32 Å². The van der Waals surface area contributed by atoms with E-state index in [2.05, 4.69) is 24.4 Å². The van der Waals surface area contributed by atoms with Crippen molar-refractivity contribution in [2.75, 3.05) is 6.54 Å². The Morgan fingerprint density at radius 2 is 2.33 bits per heavy atom. The fourth-order valence-electron chi connectivity index (χ4n) is 2.25. The van der Waals surface area contributed by atoms with E-state index in [1.807, 2.05) is 6.07 Å². The molecule has 15 heavy (non-hydrogen) atoms. The lowest BCUT2D eigenvalue weighted by Gasteiger charge is -2.13. The number of benzene rings is 1. The first-order valence-electron chi connectivity index (χ1n) is 5.83. The first-order valence-corrected chi connectivity index (χ1v) is 6.20. The molecule has 1 N–H and O–H groups in total. The highest BCUT2D eigenvalue weighted by Gasteiger charge is 2.21. The molecule has 2 heteroatoms. The summed E-state index contributed by atoms with van der Waals surface area (Å²) in [7, 11) is 0. The molecule has 0 radical (unpaired) electrons. The molecule has 82 valence electrons. The summed E-state index contributed by atoms with van der Waals surface area (Å²) in [4.78, 5) is 0. The van der Waals surface area contributed by atoms with Crippen molar-refractivity contribution in [2.45, 2.75) is 38.6 Å². The van der Waals surface area contributed by atoms with E-state index in [4.69, 9.17) is 11.6 Å². The maximum atomic E-state index is 5.98. The molecule has 1 nitrogen and oxygen atoms in total. The van der Waals surface area contributed by atoms with Crippen LogP contribution in [-0.2, 0) is 6.42 Å². The van der Waals surface area contributed by atoms with E-state index in [9.17, 15) is 0 Å². The standard InChI is InChI=1S/C13H18ClN/c1-2-3-8-15-13-7-4-10-9-11(14)5-6-12(10)13/h5-6,9,13,15H,2-4,7-8H2,1H3/t13-/m0/s1. The van der Waals surface area contributed by atoms with Crippen LogP contribution in [0.1, 0.15) is 43.4 Å². The Balaban J connectivity index is 2.02. The van der Waals surface area contributed by atoms with Gasteiger partial charge in [0, 0.05) is 11.1 Å². The quantitative estimate of drug-likeness (QED) is 0.768. The Morgan fingerprint density at radius 3 is 3.13 bits per heavy atom. The second-order valence-corrected chi connectivity index (χ2v) is 4.68. The number of hydrogen-bond donors (Lipinski definition) is 1. The molecule has 1 aromatic carbocycles. The molecule has 0 bridgehead atoms. The molecule has 0 amide bonds. The average Bonchev–Trinajstić information content (AvgIpc) is 2.61. The predicted molar refractivity (Wildman–Crippen MR) is 65.4 cm³/mol. The fraction of sp³-hybridized carbons (Fsp3) is 0.538. The van der Waals surface area contributed by atoms with Crippen molar-refractivity contribution in [2.24, 2.45) is 0 Å². The lowest BCUT2D eigenvalue weighted by molar-refractivity contribution is 0.518. The zero-order valence-corrected chi connectivity index (χ0v) is 9.98. The molecule has 2 rings (SSSR count). The molecule has 0 saturated heterocycles. The van der Waals surface area contributed by atoms with Gasteiger partial charge >= 0.3 is 0 Å². The minimum absolute atomic E-state index is 0.559. The maximum Gasteiger partial charge on any atom is 0.0408 e. The third-order valence-electron chi connectivity index (χ3n) is 3.10. The molecule has 1 aliphatic rings. The normalized spacial score (nSPS) is 19.2. The summed E-state index contributed by atoms with van der Waals surface area (Å²) in [5, 5.41) is 4.48. The molecule has 0 heterocycles. The zero-order chi connectivity index (χ0) is 10.7. The van der Waals surface area contributed by atoms with Crippen molar-refractivity contribution >= 4 is 11.6 Å². The molecule has 1 aromatic rings. The summed E-state index contributed by atoms with van der Waals surface area (Å²) >= 11 is 5.98. The largest absolute Gasteiger partial charge is 0.310 e. The van der Waals surface area contributed by atoms with E-state index in [1.165, 1.54) is 36.8 Å². The number of rotatable bonds is 4. The number of halogens is 1. The third kappa shape index (κ3) is 2.53. The van der Waals surface area contributed by atoms with Crippen molar-refractivity contribution in [3.63, 3.8) is 0 Å². The summed E-state index contributed by atoms with van der Waals surface area (Å²) in [6.07, 6.45) is 4.91. The van der Waals surface area contributed by atoms with Crippen LogP contribution >= 0.6 is 11.6 Å². The van der Waals surface area contributed by atoms with Gasteiger partial charge in [0.25, 0.3) is 0 Å². The SMILES string of the molecule is CCCCN[C@H]1CCc2cc(Cl)ccc21. The van der Waals surface area contributed by atoms with Crippen LogP contribution in [0.2, 0.25) is 5.02 Å². The summed E-state index contributed by atoms with van der Waals surface area (Å²) in [6.45, 7) is 3.35. The van der Waals surface area contributed by atoms with Gasteiger partial charge in [0.1, 0.15) is 0 Å². The molecule has 0 spiro atoms. The Morgan fingerprint density at radius 1 is 1.47 bits per heavy atom. The van der Waals surface area contributed by atoms with Crippen LogP contribution in [0.3, 0.4) is 0 Å². The van der Waals surface area contributed by atoms with Gasteiger partial charge in [-0.2, -0.15) is 0 Å². The van der Waals surface area contributed by atoms with E-state index in [0.717, 1.165) is 11.6 Å². The Labute approximate surface area is 96.8 Å². The molecule has 1 aliphatic carbocycles. The predicted octanol–water partition coefficient (Wildman–Crippen LogP) is 3.72. The lowest BCUT2D eigenvalue weighted by atomic mass is 10.1. The second-order valence-electron chi connectivity index (χ2n) is 4.24. The van der Waals surface area contributed by atoms with Crippen LogP contribution in [0.4, 0.5) is 0 Å². The van der Waals surface area contributed by atoms with Gasteiger partial charge in [-0.05, 0) is 49.1 Å². The lowest BCUT2D eigenvalue weighted by Crippen LogP contribution is -2.20. The van der Waals surface area contributed by atoms with Gasteiger partial charge in [-0.15, -0.1) is 0 Å². The van der Waals surface area contributed by atoms with Gasteiger partial charge in [0.05, 0.1) is 0 Å². The second kappa shape index (κ2) is 5.00. The monoisotopic (exact) mass is 223 g/mol. The van der Waals surface area contributed by atoms with Gasteiger partial charge in [-0.3, -0.25) is 0 Å². The number of fused-ring (bicyclic) bond motifs is 1. The zero-order valence-electron chi connectivity index (χ0n) is 9.22. The number of aryl methyl sites for hydroxylation is 1. The molecular weight excluding hydrogens is 206 g/mol. The number of nitrogens with one attached hydrogen (secondary N) is 1. The highest BCUT2D eigenvalue weighted by molar-refractivity contribution is 6.30. The minimum Gasteiger partial charge on any atom is -0.310 e. The number of unbranched alkanes of at least 4 members (excludes halogenated alkanes) is 1. The molecule has 0 aliphatic heterocycles. The van der Waals surface area contributed by atoms with Crippen molar-refractivity contribution in [3.05, 3.63) is 34.3 Å². The van der Waals surface area contributed by atoms with Gasteiger partial charge in [0.15, 0.2) is 0 Å². The minimum atomic E-state index is 0.559. The van der Waals surface area contributed by atoms with E-state index in [1.54, 1.807) is 0 Å². The van der Waals surface area contributed by atoms with Crippen LogP contribution in [0, 0.1) is 0 Å². The van der Waals surface area contributed by atoms with Crippen molar-refractivity contribution in [1.82, 2.24) is 5.32 Å². The highest BCUT2D eigenvalue weighted by Crippen LogP contribution is 2.32. The van der Waals surface area contributed by atoms with E-state index in [0.29, 0.717) is 6.04 Å². The summed E-state index contributed by atoms with van der Waals surface area (Å²) in [5.74, 6) is 0. The summed E-state index contributed by atoms with van der Waals surface area (Å²) in [6, 6.07) is 6.84. The molecule has 0 saturated carbocycles. The first-order chi connectivity index (χ1) is 7.31. The van der Waals surface area contributed by atoms with Crippen molar-refractivity contribution in [3.8, 4) is 0 Å². The topological polar surface area (TPSA) is 12.0 Å². The summed E-state index contributed by atoms with van der Waals surface area (Å²) in [5.41, 5.74) is 2.88. The van der Waals surface area contributed by atoms with Crippen molar-refractivity contribution < 1.29 is 0 Å². The maximum absolute atomic E-state index is 5.98. The third-order valence-corrected chi connectivity index (χ3v) is 3.34.